The van der Waals surface area contributed by atoms with E-state index in [9.17, 15) is 14.7 Å². The molecular formula is C27H27NO3. The smallest absolute Gasteiger partial charge is 0.264 e. The van der Waals surface area contributed by atoms with Crippen LogP contribution in [0.1, 0.15) is 50.2 Å². The lowest BCUT2D eigenvalue weighted by atomic mass is 9.85. The van der Waals surface area contributed by atoms with Crippen LogP contribution >= 0.6 is 0 Å². The van der Waals surface area contributed by atoms with Crippen LogP contribution in [-0.4, -0.2) is 16.8 Å². The van der Waals surface area contributed by atoms with Gasteiger partial charge in [0.1, 0.15) is 0 Å². The molecule has 0 saturated carbocycles. The highest BCUT2D eigenvalue weighted by Gasteiger charge is 2.51. The van der Waals surface area contributed by atoms with E-state index < -0.39 is 11.5 Å². The molecule has 4 rings (SSSR count). The Balaban J connectivity index is 1.72. The molecule has 0 unspecified atom stereocenters. The summed E-state index contributed by atoms with van der Waals surface area (Å²) < 4.78 is 0. The molecule has 0 bridgehead atoms. The number of anilines is 1. The molecule has 3 aromatic rings. The molecule has 0 saturated heterocycles. The van der Waals surface area contributed by atoms with Gasteiger partial charge in [0.2, 0.25) is 0 Å². The number of carbonyl (C=O) groups is 2. The molecule has 4 nitrogen and oxygen atoms in total. The molecule has 1 amide bonds. The van der Waals surface area contributed by atoms with Gasteiger partial charge in [0, 0.05) is 11.1 Å². The first kappa shape index (κ1) is 21.0. The zero-order chi connectivity index (χ0) is 22.3. The number of benzene rings is 3. The third kappa shape index (κ3) is 3.57. The Labute approximate surface area is 183 Å². The molecule has 1 heterocycles. The summed E-state index contributed by atoms with van der Waals surface area (Å²) in [5.74, 6) is -0.675. The van der Waals surface area contributed by atoms with Gasteiger partial charge in [-0.15, -0.1) is 0 Å². The van der Waals surface area contributed by atoms with Crippen LogP contribution in [0.3, 0.4) is 0 Å². The number of Topliss-reactive ketones (excluding diaryl/α,β-unsaturated/α-hetero) is 1. The van der Waals surface area contributed by atoms with Crippen molar-refractivity contribution in [1.29, 1.82) is 0 Å². The molecule has 0 radical (unpaired) electrons. The standard InChI is InChI=1S/C27H27NO3/c1-17-13-19(3)25(20(4)14-17)24(29)15-27(31)22-11-7-8-12-23(22)28(26(27)30)16-21-10-6-5-9-18(21)2/h5-14,31H,15-16H2,1-4H3/t27-/m0/s1. The number of nitrogens with zero attached hydrogens (tertiary/aromatic N) is 1. The Bertz CT molecular complexity index is 1170. The molecule has 0 aromatic heterocycles. The molecule has 1 N–H and O–H groups in total. The number of amides is 1. The van der Waals surface area contributed by atoms with Crippen molar-refractivity contribution in [2.24, 2.45) is 0 Å². The zero-order valence-corrected chi connectivity index (χ0v) is 18.4. The first-order valence-electron chi connectivity index (χ1n) is 10.5. The number of rotatable bonds is 5. The average molecular weight is 414 g/mol. The summed E-state index contributed by atoms with van der Waals surface area (Å²) >= 11 is 0. The normalized spacial score (nSPS) is 17.7. The number of para-hydroxylation sites is 1. The first-order valence-corrected chi connectivity index (χ1v) is 10.5. The molecule has 1 aliphatic heterocycles. The minimum Gasteiger partial charge on any atom is -0.375 e. The lowest BCUT2D eigenvalue weighted by Crippen LogP contribution is -2.41. The fraction of sp³-hybridized carbons (Fsp3) is 0.259. The van der Waals surface area contributed by atoms with Crippen LogP contribution < -0.4 is 4.90 Å². The largest absolute Gasteiger partial charge is 0.375 e. The molecule has 1 aliphatic rings. The van der Waals surface area contributed by atoms with Crippen molar-refractivity contribution in [3.8, 4) is 0 Å². The van der Waals surface area contributed by atoms with E-state index >= 15 is 0 Å². The van der Waals surface area contributed by atoms with Gasteiger partial charge in [0.05, 0.1) is 18.7 Å². The molecular weight excluding hydrogens is 386 g/mol. The van der Waals surface area contributed by atoms with Gasteiger partial charge in [0.15, 0.2) is 11.4 Å². The zero-order valence-electron chi connectivity index (χ0n) is 18.4. The third-order valence-electron chi connectivity index (χ3n) is 6.20. The number of ketones is 1. The van der Waals surface area contributed by atoms with Gasteiger partial charge in [-0.2, -0.15) is 0 Å². The van der Waals surface area contributed by atoms with Crippen molar-refractivity contribution in [1.82, 2.24) is 0 Å². The van der Waals surface area contributed by atoms with Crippen molar-refractivity contribution in [3.05, 3.63) is 99.6 Å². The maximum atomic E-state index is 13.5. The van der Waals surface area contributed by atoms with E-state index in [1.807, 2.05) is 76.2 Å². The van der Waals surface area contributed by atoms with Gasteiger partial charge in [-0.3, -0.25) is 9.59 Å². The lowest BCUT2D eigenvalue weighted by Gasteiger charge is -2.24. The number of hydrogen-bond donors (Lipinski definition) is 1. The van der Waals surface area contributed by atoms with Crippen molar-refractivity contribution >= 4 is 17.4 Å². The molecule has 31 heavy (non-hydrogen) atoms. The van der Waals surface area contributed by atoms with Crippen LogP contribution in [-0.2, 0) is 16.9 Å². The Morgan fingerprint density at radius 2 is 1.52 bits per heavy atom. The van der Waals surface area contributed by atoms with Gasteiger partial charge in [0.25, 0.3) is 5.91 Å². The molecule has 3 aromatic carbocycles. The van der Waals surface area contributed by atoms with E-state index in [0.29, 0.717) is 23.4 Å². The van der Waals surface area contributed by atoms with Crippen molar-refractivity contribution in [2.45, 2.75) is 46.3 Å². The lowest BCUT2D eigenvalue weighted by molar-refractivity contribution is -0.136. The second-order valence-electron chi connectivity index (χ2n) is 8.57. The van der Waals surface area contributed by atoms with Crippen LogP contribution in [0.15, 0.2) is 60.7 Å². The van der Waals surface area contributed by atoms with E-state index in [1.54, 1.807) is 17.0 Å². The highest BCUT2D eigenvalue weighted by Crippen LogP contribution is 2.44. The molecule has 4 heteroatoms. The Morgan fingerprint density at radius 1 is 0.903 bits per heavy atom. The van der Waals surface area contributed by atoms with Crippen LogP contribution in [0.25, 0.3) is 0 Å². The van der Waals surface area contributed by atoms with E-state index in [0.717, 1.165) is 27.8 Å². The first-order chi connectivity index (χ1) is 14.7. The maximum absolute atomic E-state index is 13.5. The van der Waals surface area contributed by atoms with Crippen molar-refractivity contribution in [3.63, 3.8) is 0 Å². The molecule has 0 fully saturated rings. The summed E-state index contributed by atoms with van der Waals surface area (Å²) in [5.41, 5.74) is 4.74. The number of hydrogen-bond acceptors (Lipinski definition) is 3. The van der Waals surface area contributed by atoms with Crippen molar-refractivity contribution in [2.75, 3.05) is 4.90 Å². The predicted octanol–water partition coefficient (Wildman–Crippen LogP) is 4.93. The Morgan fingerprint density at radius 3 is 2.19 bits per heavy atom. The number of aryl methyl sites for hydroxylation is 4. The van der Waals surface area contributed by atoms with E-state index in [4.69, 9.17) is 0 Å². The monoisotopic (exact) mass is 413 g/mol. The summed E-state index contributed by atoms with van der Waals surface area (Å²) in [7, 11) is 0. The van der Waals surface area contributed by atoms with Crippen LogP contribution in [0, 0.1) is 27.7 Å². The van der Waals surface area contributed by atoms with E-state index in [-0.39, 0.29) is 12.2 Å². The predicted molar refractivity (Wildman–Crippen MR) is 122 cm³/mol. The van der Waals surface area contributed by atoms with Crippen LogP contribution in [0.2, 0.25) is 0 Å². The van der Waals surface area contributed by atoms with E-state index in [1.165, 1.54) is 0 Å². The molecule has 158 valence electrons. The summed E-state index contributed by atoms with van der Waals surface area (Å²) in [5, 5.41) is 11.6. The maximum Gasteiger partial charge on any atom is 0.264 e. The van der Waals surface area contributed by atoms with E-state index in [2.05, 4.69) is 0 Å². The summed E-state index contributed by atoms with van der Waals surface area (Å²) in [4.78, 5) is 28.4. The quantitative estimate of drug-likeness (QED) is 0.604. The number of aliphatic hydroxyl groups is 1. The topological polar surface area (TPSA) is 57.6 Å². The Kier molecular flexibility index (Phi) is 5.28. The minimum atomic E-state index is -1.87. The number of carbonyl (C=O) groups excluding carboxylic acids is 2. The second kappa shape index (κ2) is 7.78. The Hall–Kier alpha value is -3.24. The van der Waals surface area contributed by atoms with Crippen LogP contribution in [0.4, 0.5) is 5.69 Å². The van der Waals surface area contributed by atoms with Gasteiger partial charge >= 0.3 is 0 Å². The van der Waals surface area contributed by atoms with Gasteiger partial charge in [-0.25, -0.2) is 0 Å². The molecule has 0 spiro atoms. The number of fused-ring (bicyclic) bond motifs is 1. The third-order valence-corrected chi connectivity index (χ3v) is 6.20. The SMILES string of the molecule is Cc1cc(C)c(C(=O)C[C@@]2(O)C(=O)N(Cc3ccccc3C)c3ccccc32)c(C)c1. The second-order valence-corrected chi connectivity index (χ2v) is 8.57. The van der Waals surface area contributed by atoms with Gasteiger partial charge < -0.3 is 10.0 Å². The fourth-order valence-electron chi connectivity index (χ4n) is 4.73. The fourth-order valence-corrected chi connectivity index (χ4v) is 4.73. The summed E-state index contributed by atoms with van der Waals surface area (Å²) in [6.07, 6.45) is -0.280. The van der Waals surface area contributed by atoms with Gasteiger partial charge in [-0.05, 0) is 56.0 Å². The highest BCUT2D eigenvalue weighted by atomic mass is 16.3. The van der Waals surface area contributed by atoms with Crippen molar-refractivity contribution < 1.29 is 14.7 Å². The molecule has 1 atom stereocenters. The van der Waals surface area contributed by atoms with Gasteiger partial charge in [-0.1, -0.05) is 60.2 Å². The highest BCUT2D eigenvalue weighted by molar-refractivity contribution is 6.11. The van der Waals surface area contributed by atoms with Crippen LogP contribution in [0.5, 0.6) is 0 Å². The average Bonchev–Trinajstić information content (AvgIpc) is 2.91. The minimum absolute atomic E-state index is 0.224. The summed E-state index contributed by atoms with van der Waals surface area (Å²) in [6, 6.07) is 19.0. The molecule has 0 aliphatic carbocycles. The summed E-state index contributed by atoms with van der Waals surface area (Å²) in [6.45, 7) is 8.13.